The molecule has 0 atom stereocenters. The van der Waals surface area contributed by atoms with Crippen LogP contribution in [-0.4, -0.2) is 35.0 Å². The zero-order valence-corrected chi connectivity index (χ0v) is 18.5. The molecule has 0 saturated heterocycles. The fourth-order valence-corrected chi connectivity index (χ4v) is 3.40. The first-order valence-electron chi connectivity index (χ1n) is 10.1. The second-order valence-electron chi connectivity index (χ2n) is 7.93. The number of aromatic nitrogens is 1. The van der Waals surface area contributed by atoms with Gasteiger partial charge in [-0.2, -0.15) is 0 Å². The van der Waals surface area contributed by atoms with E-state index in [1.54, 1.807) is 24.3 Å². The molecule has 2 rings (SSSR count). The van der Waals surface area contributed by atoms with E-state index in [2.05, 4.69) is 29.0 Å². The van der Waals surface area contributed by atoms with Gasteiger partial charge in [-0.1, -0.05) is 12.1 Å². The van der Waals surface area contributed by atoms with E-state index >= 15 is 0 Å². The van der Waals surface area contributed by atoms with E-state index in [9.17, 15) is 14.4 Å². The molecule has 0 aliphatic rings. The van der Waals surface area contributed by atoms with Gasteiger partial charge in [0.1, 0.15) is 0 Å². The van der Waals surface area contributed by atoms with E-state index in [0.717, 1.165) is 17.0 Å². The van der Waals surface area contributed by atoms with Crippen LogP contribution in [0.25, 0.3) is 0 Å². The molecular weight excluding hydrogens is 382 g/mol. The van der Waals surface area contributed by atoms with Crippen molar-refractivity contribution < 1.29 is 19.1 Å². The number of urea groups is 1. The molecule has 2 amide bonds. The van der Waals surface area contributed by atoms with Crippen molar-refractivity contribution in [3.8, 4) is 0 Å². The largest absolute Gasteiger partial charge is 0.454 e. The summed E-state index contributed by atoms with van der Waals surface area (Å²) in [5.74, 6) is -0.779. The Hall–Kier alpha value is -3.09. The predicted octanol–water partition coefficient (Wildman–Crippen LogP) is 3.93. The Morgan fingerprint density at radius 2 is 1.67 bits per heavy atom. The number of carbonyl (C=O) groups excluding carboxylic acids is 3. The average Bonchev–Trinajstić information content (AvgIpc) is 2.98. The van der Waals surface area contributed by atoms with Crippen LogP contribution in [0.15, 0.2) is 30.3 Å². The Kier molecular flexibility index (Phi) is 7.80. The minimum Gasteiger partial charge on any atom is -0.454 e. The monoisotopic (exact) mass is 413 g/mol. The Balaban J connectivity index is 1.91. The third-order valence-corrected chi connectivity index (χ3v) is 4.70. The normalized spacial score (nSPS) is 10.9. The van der Waals surface area contributed by atoms with Gasteiger partial charge in [-0.25, -0.2) is 9.59 Å². The number of carbonyl (C=O) groups is 3. The number of nitrogens with zero attached hydrogens (tertiary/aromatic N) is 1. The van der Waals surface area contributed by atoms with E-state index in [0.29, 0.717) is 17.7 Å². The summed E-state index contributed by atoms with van der Waals surface area (Å²) in [6, 6.07) is 8.62. The summed E-state index contributed by atoms with van der Waals surface area (Å²) in [5.41, 5.74) is 3.66. The lowest BCUT2D eigenvalue weighted by atomic mass is 10.1. The van der Waals surface area contributed by atoms with Gasteiger partial charge in [-0.15, -0.1) is 0 Å². The lowest BCUT2D eigenvalue weighted by Crippen LogP contribution is -2.39. The number of esters is 1. The van der Waals surface area contributed by atoms with Gasteiger partial charge in [-0.3, -0.25) is 4.79 Å². The van der Waals surface area contributed by atoms with Crippen molar-refractivity contribution >= 4 is 17.8 Å². The zero-order valence-electron chi connectivity index (χ0n) is 18.5. The summed E-state index contributed by atoms with van der Waals surface area (Å²) in [4.78, 5) is 36.4. The third-order valence-electron chi connectivity index (χ3n) is 4.70. The molecule has 0 saturated carbocycles. The number of Topliss-reactive ketones (excluding diaryl/α,β-unsaturated/α-hetero) is 1. The summed E-state index contributed by atoms with van der Waals surface area (Å²) in [5, 5.41) is 5.48. The molecule has 30 heavy (non-hydrogen) atoms. The van der Waals surface area contributed by atoms with Crippen molar-refractivity contribution in [2.24, 2.45) is 0 Å². The van der Waals surface area contributed by atoms with Gasteiger partial charge in [0.2, 0.25) is 5.78 Å². The fraction of sp³-hybridized carbons (Fsp3) is 0.435. The number of rotatable bonds is 8. The standard InChI is InChI=1S/C23H31N3O4/c1-14(2)25-23(29)24-12-18-7-9-19(10-8-18)22(28)30-13-21(27)20-11-16(5)26(15(3)4)17(20)6/h7-11,14-15H,12-13H2,1-6H3,(H2,24,25,29). The molecule has 7 nitrogen and oxygen atoms in total. The first-order valence-corrected chi connectivity index (χ1v) is 10.1. The molecule has 0 aliphatic carbocycles. The zero-order chi connectivity index (χ0) is 22.4. The SMILES string of the molecule is Cc1cc(C(=O)COC(=O)c2ccc(CNC(=O)NC(C)C)cc2)c(C)n1C(C)C. The van der Waals surface area contributed by atoms with Crippen molar-refractivity contribution in [2.45, 2.75) is 60.2 Å². The highest BCUT2D eigenvalue weighted by atomic mass is 16.5. The maximum absolute atomic E-state index is 12.5. The summed E-state index contributed by atoms with van der Waals surface area (Å²) < 4.78 is 7.30. The van der Waals surface area contributed by atoms with Gasteiger partial charge in [0.25, 0.3) is 0 Å². The van der Waals surface area contributed by atoms with Crippen LogP contribution >= 0.6 is 0 Å². The Morgan fingerprint density at radius 3 is 2.20 bits per heavy atom. The summed E-state index contributed by atoms with van der Waals surface area (Å²) in [7, 11) is 0. The molecule has 1 heterocycles. The molecule has 162 valence electrons. The molecule has 2 N–H and O–H groups in total. The minimum absolute atomic E-state index is 0.0569. The Bertz CT molecular complexity index is 911. The van der Waals surface area contributed by atoms with Crippen LogP contribution in [0, 0.1) is 13.8 Å². The molecule has 1 aromatic carbocycles. The van der Waals surface area contributed by atoms with E-state index in [4.69, 9.17) is 4.74 Å². The van der Waals surface area contributed by atoms with Crippen LogP contribution in [-0.2, 0) is 11.3 Å². The van der Waals surface area contributed by atoms with Crippen LogP contribution in [0.1, 0.15) is 71.4 Å². The van der Waals surface area contributed by atoms with Crippen LogP contribution in [0.3, 0.4) is 0 Å². The van der Waals surface area contributed by atoms with Crippen LogP contribution in [0.4, 0.5) is 4.79 Å². The van der Waals surface area contributed by atoms with Gasteiger partial charge in [0.05, 0.1) is 5.56 Å². The van der Waals surface area contributed by atoms with Crippen molar-refractivity contribution in [2.75, 3.05) is 6.61 Å². The van der Waals surface area contributed by atoms with E-state index in [-0.39, 0.29) is 30.5 Å². The minimum atomic E-state index is -0.557. The second kappa shape index (κ2) is 10.1. The Labute approximate surface area is 177 Å². The molecule has 7 heteroatoms. The van der Waals surface area contributed by atoms with Gasteiger partial charge in [0, 0.05) is 35.6 Å². The summed E-state index contributed by atoms with van der Waals surface area (Å²) in [6.45, 7) is 11.8. The topological polar surface area (TPSA) is 89.4 Å². The predicted molar refractivity (Wildman–Crippen MR) is 116 cm³/mol. The molecule has 0 spiro atoms. The number of ketones is 1. The molecule has 2 aromatic rings. The number of nitrogens with one attached hydrogen (secondary N) is 2. The van der Waals surface area contributed by atoms with Crippen molar-refractivity contribution in [3.05, 3.63) is 58.4 Å². The average molecular weight is 414 g/mol. The first kappa shape index (κ1) is 23.2. The van der Waals surface area contributed by atoms with Crippen molar-refractivity contribution in [3.63, 3.8) is 0 Å². The second-order valence-corrected chi connectivity index (χ2v) is 7.93. The molecule has 0 fully saturated rings. The quantitative estimate of drug-likeness (QED) is 0.507. The summed E-state index contributed by atoms with van der Waals surface area (Å²) in [6.07, 6.45) is 0. The highest BCUT2D eigenvalue weighted by Crippen LogP contribution is 2.20. The van der Waals surface area contributed by atoms with Crippen molar-refractivity contribution in [1.29, 1.82) is 0 Å². The van der Waals surface area contributed by atoms with E-state index < -0.39 is 5.97 Å². The third kappa shape index (κ3) is 5.95. The number of ether oxygens (including phenoxy) is 1. The molecule has 0 radical (unpaired) electrons. The molecule has 0 aliphatic heterocycles. The lowest BCUT2D eigenvalue weighted by Gasteiger charge is -2.13. The van der Waals surface area contributed by atoms with E-state index in [1.165, 1.54) is 0 Å². The molecular formula is C23H31N3O4. The van der Waals surface area contributed by atoms with Gasteiger partial charge < -0.3 is 19.9 Å². The smallest absolute Gasteiger partial charge is 0.338 e. The lowest BCUT2D eigenvalue weighted by molar-refractivity contribution is 0.0474. The maximum Gasteiger partial charge on any atom is 0.338 e. The number of benzene rings is 1. The van der Waals surface area contributed by atoms with Crippen LogP contribution in [0.5, 0.6) is 0 Å². The first-order chi connectivity index (χ1) is 14.1. The van der Waals surface area contributed by atoms with Gasteiger partial charge >= 0.3 is 12.0 Å². The number of hydrogen-bond acceptors (Lipinski definition) is 4. The highest BCUT2D eigenvalue weighted by molar-refractivity contribution is 6.00. The number of amides is 2. The van der Waals surface area contributed by atoms with Gasteiger partial charge in [-0.05, 0) is 65.3 Å². The fourth-order valence-electron chi connectivity index (χ4n) is 3.40. The summed E-state index contributed by atoms with van der Waals surface area (Å²) >= 11 is 0. The van der Waals surface area contributed by atoms with Crippen LogP contribution in [0.2, 0.25) is 0 Å². The van der Waals surface area contributed by atoms with Gasteiger partial charge in [0.15, 0.2) is 6.61 Å². The Morgan fingerprint density at radius 1 is 1.03 bits per heavy atom. The highest BCUT2D eigenvalue weighted by Gasteiger charge is 2.19. The molecule has 0 bridgehead atoms. The van der Waals surface area contributed by atoms with Crippen molar-refractivity contribution in [1.82, 2.24) is 15.2 Å². The molecule has 1 aromatic heterocycles. The maximum atomic E-state index is 12.5. The van der Waals surface area contributed by atoms with E-state index in [1.807, 2.05) is 33.8 Å². The molecule has 0 unspecified atom stereocenters. The number of hydrogen-bond donors (Lipinski definition) is 2. The van der Waals surface area contributed by atoms with Crippen LogP contribution < -0.4 is 10.6 Å². The number of aryl methyl sites for hydroxylation is 1.